The Kier molecular flexibility index (Phi) is 4.73. The second-order valence-corrected chi connectivity index (χ2v) is 6.87. The van der Waals surface area contributed by atoms with E-state index in [-0.39, 0.29) is 5.75 Å². The van der Waals surface area contributed by atoms with Crippen molar-refractivity contribution in [3.8, 4) is 5.75 Å². The van der Waals surface area contributed by atoms with E-state index < -0.39 is 11.9 Å². The van der Waals surface area contributed by atoms with Crippen LogP contribution in [-0.4, -0.2) is 20.7 Å². The molecule has 2 aromatic carbocycles. The second kappa shape index (κ2) is 6.81. The maximum Gasteiger partial charge on any atom is 0.306 e. The van der Waals surface area contributed by atoms with Gasteiger partial charge >= 0.3 is 5.97 Å². The van der Waals surface area contributed by atoms with Crippen molar-refractivity contribution >= 4 is 28.5 Å². The van der Waals surface area contributed by atoms with Gasteiger partial charge in [0.2, 0.25) is 0 Å². The van der Waals surface area contributed by atoms with Crippen LogP contribution in [0.3, 0.4) is 0 Å². The van der Waals surface area contributed by atoms with Gasteiger partial charge in [0.05, 0.1) is 5.92 Å². The van der Waals surface area contributed by atoms with Crippen LogP contribution in [-0.2, 0) is 17.8 Å². The first-order chi connectivity index (χ1) is 11.9. The predicted octanol–water partition coefficient (Wildman–Crippen LogP) is 4.62. The Balaban J connectivity index is 2.12. The van der Waals surface area contributed by atoms with Crippen LogP contribution in [0, 0.1) is 12.8 Å². The molecule has 3 aromatic rings. The van der Waals surface area contributed by atoms with E-state index in [1.54, 1.807) is 19.1 Å². The average molecular weight is 358 g/mol. The van der Waals surface area contributed by atoms with E-state index in [4.69, 9.17) is 11.6 Å². The maximum atomic E-state index is 11.3. The van der Waals surface area contributed by atoms with Crippen LogP contribution >= 0.6 is 11.6 Å². The van der Waals surface area contributed by atoms with Crippen LogP contribution < -0.4 is 0 Å². The van der Waals surface area contributed by atoms with E-state index in [0.29, 0.717) is 18.0 Å². The smallest absolute Gasteiger partial charge is 0.306 e. The Morgan fingerprint density at radius 2 is 1.88 bits per heavy atom. The fourth-order valence-electron chi connectivity index (χ4n) is 3.16. The molecule has 0 amide bonds. The number of phenolic OH excluding ortho intramolecular Hbond substituents is 1. The number of nitrogens with zero attached hydrogens (tertiary/aromatic N) is 1. The van der Waals surface area contributed by atoms with Gasteiger partial charge in [-0.1, -0.05) is 30.7 Å². The fraction of sp³-hybridized carbons (Fsp3) is 0.250. The number of phenols is 1. The number of halogens is 1. The Morgan fingerprint density at radius 3 is 2.52 bits per heavy atom. The topological polar surface area (TPSA) is 62.5 Å². The first kappa shape index (κ1) is 17.4. The van der Waals surface area contributed by atoms with Crippen molar-refractivity contribution in [3.05, 3.63) is 64.3 Å². The number of hydrogen-bond donors (Lipinski definition) is 2. The minimum Gasteiger partial charge on any atom is -0.508 e. The van der Waals surface area contributed by atoms with Gasteiger partial charge in [-0.2, -0.15) is 0 Å². The molecule has 3 rings (SSSR count). The number of carboxylic acid groups (broad SMARTS) is 1. The highest BCUT2D eigenvalue weighted by Gasteiger charge is 2.20. The van der Waals surface area contributed by atoms with E-state index in [1.807, 2.05) is 37.3 Å². The van der Waals surface area contributed by atoms with Crippen molar-refractivity contribution in [2.45, 2.75) is 26.8 Å². The number of hydrogen-bond acceptors (Lipinski definition) is 2. The standard InChI is InChI=1S/C20H20ClNO3/c1-12(20(24)25)9-19-13(2)17-10-16(23)7-8-18(17)22(19)11-14-3-5-15(21)6-4-14/h3-8,10,12,23H,9,11H2,1-2H3,(H,24,25). The zero-order chi connectivity index (χ0) is 18.1. The first-order valence-electron chi connectivity index (χ1n) is 8.14. The van der Waals surface area contributed by atoms with Crippen LogP contribution in [0.4, 0.5) is 0 Å². The summed E-state index contributed by atoms with van der Waals surface area (Å²) in [6.45, 7) is 4.31. The van der Waals surface area contributed by atoms with Crippen molar-refractivity contribution < 1.29 is 15.0 Å². The number of carbonyl (C=O) groups is 1. The van der Waals surface area contributed by atoms with Gasteiger partial charge in [-0.15, -0.1) is 0 Å². The number of aromatic nitrogens is 1. The molecule has 0 aliphatic carbocycles. The van der Waals surface area contributed by atoms with Gasteiger partial charge in [-0.3, -0.25) is 4.79 Å². The molecule has 0 aliphatic heterocycles. The summed E-state index contributed by atoms with van der Waals surface area (Å²) in [6.07, 6.45) is 0.435. The molecule has 130 valence electrons. The van der Waals surface area contributed by atoms with Gasteiger partial charge in [0.25, 0.3) is 0 Å². The normalized spacial score (nSPS) is 12.4. The maximum absolute atomic E-state index is 11.3. The Morgan fingerprint density at radius 1 is 1.20 bits per heavy atom. The monoisotopic (exact) mass is 357 g/mol. The van der Waals surface area contributed by atoms with Gasteiger partial charge in [-0.25, -0.2) is 0 Å². The fourth-order valence-corrected chi connectivity index (χ4v) is 3.28. The Labute approximate surface area is 151 Å². The van der Waals surface area contributed by atoms with Crippen molar-refractivity contribution in [1.29, 1.82) is 0 Å². The lowest BCUT2D eigenvalue weighted by Gasteiger charge is -2.14. The highest BCUT2D eigenvalue weighted by atomic mass is 35.5. The number of rotatable bonds is 5. The summed E-state index contributed by atoms with van der Waals surface area (Å²) in [4.78, 5) is 11.3. The van der Waals surface area contributed by atoms with Gasteiger partial charge in [0.15, 0.2) is 0 Å². The molecule has 0 saturated carbocycles. The summed E-state index contributed by atoms with van der Waals surface area (Å²) in [7, 11) is 0. The lowest BCUT2D eigenvalue weighted by molar-refractivity contribution is -0.141. The minimum atomic E-state index is -0.814. The largest absolute Gasteiger partial charge is 0.508 e. The van der Waals surface area contributed by atoms with E-state index in [2.05, 4.69) is 4.57 Å². The molecule has 4 nitrogen and oxygen atoms in total. The number of aryl methyl sites for hydroxylation is 1. The third kappa shape index (κ3) is 3.49. The van der Waals surface area contributed by atoms with Crippen molar-refractivity contribution in [2.75, 3.05) is 0 Å². The van der Waals surface area contributed by atoms with Crippen LogP contribution in [0.25, 0.3) is 10.9 Å². The van der Waals surface area contributed by atoms with Gasteiger partial charge < -0.3 is 14.8 Å². The predicted molar refractivity (Wildman–Crippen MR) is 99.4 cm³/mol. The molecule has 25 heavy (non-hydrogen) atoms. The second-order valence-electron chi connectivity index (χ2n) is 6.43. The zero-order valence-electron chi connectivity index (χ0n) is 14.2. The quantitative estimate of drug-likeness (QED) is 0.700. The zero-order valence-corrected chi connectivity index (χ0v) is 14.9. The van der Waals surface area contributed by atoms with Gasteiger partial charge in [0, 0.05) is 34.6 Å². The van der Waals surface area contributed by atoms with E-state index in [0.717, 1.165) is 27.7 Å². The number of fused-ring (bicyclic) bond motifs is 1. The lowest BCUT2D eigenvalue weighted by Crippen LogP contribution is -2.16. The van der Waals surface area contributed by atoms with Gasteiger partial charge in [-0.05, 0) is 48.4 Å². The molecular formula is C20H20ClNO3. The third-order valence-corrected chi connectivity index (χ3v) is 4.86. The molecule has 1 heterocycles. The summed E-state index contributed by atoms with van der Waals surface area (Å²) in [5.41, 5.74) is 4.05. The molecule has 0 saturated heterocycles. The lowest BCUT2D eigenvalue weighted by atomic mass is 10.0. The molecule has 0 aliphatic rings. The average Bonchev–Trinajstić information content (AvgIpc) is 2.82. The molecule has 0 spiro atoms. The molecule has 5 heteroatoms. The molecule has 2 N–H and O–H groups in total. The SMILES string of the molecule is Cc1c(CC(C)C(=O)O)n(Cc2ccc(Cl)cc2)c2ccc(O)cc12. The van der Waals surface area contributed by atoms with E-state index in [9.17, 15) is 15.0 Å². The number of aliphatic carboxylic acids is 1. The van der Waals surface area contributed by atoms with Crippen molar-refractivity contribution in [2.24, 2.45) is 5.92 Å². The minimum absolute atomic E-state index is 0.206. The van der Waals surface area contributed by atoms with Crippen LogP contribution in [0.2, 0.25) is 5.02 Å². The van der Waals surface area contributed by atoms with Crippen LogP contribution in [0.1, 0.15) is 23.7 Å². The number of aromatic hydroxyl groups is 1. The molecule has 1 unspecified atom stereocenters. The van der Waals surface area contributed by atoms with Gasteiger partial charge in [0.1, 0.15) is 5.75 Å². The summed E-state index contributed by atoms with van der Waals surface area (Å²) in [5.74, 6) is -1.09. The summed E-state index contributed by atoms with van der Waals surface area (Å²) in [6, 6.07) is 12.9. The molecule has 1 atom stereocenters. The third-order valence-electron chi connectivity index (χ3n) is 4.61. The van der Waals surface area contributed by atoms with E-state index in [1.165, 1.54) is 0 Å². The van der Waals surface area contributed by atoms with E-state index >= 15 is 0 Å². The molecule has 0 fully saturated rings. The molecule has 0 radical (unpaired) electrons. The highest BCUT2D eigenvalue weighted by Crippen LogP contribution is 2.31. The number of benzene rings is 2. The van der Waals surface area contributed by atoms with Crippen LogP contribution in [0.15, 0.2) is 42.5 Å². The van der Waals surface area contributed by atoms with Crippen molar-refractivity contribution in [3.63, 3.8) is 0 Å². The van der Waals surface area contributed by atoms with Crippen molar-refractivity contribution in [1.82, 2.24) is 4.57 Å². The summed E-state index contributed by atoms with van der Waals surface area (Å²) >= 11 is 5.97. The molecular weight excluding hydrogens is 338 g/mol. The summed E-state index contributed by atoms with van der Waals surface area (Å²) < 4.78 is 2.13. The summed E-state index contributed by atoms with van der Waals surface area (Å²) in [5, 5.41) is 20.8. The highest BCUT2D eigenvalue weighted by molar-refractivity contribution is 6.30. The molecule has 0 bridgehead atoms. The number of carboxylic acids is 1. The molecule has 1 aromatic heterocycles. The Bertz CT molecular complexity index is 928. The Hall–Kier alpha value is -2.46. The first-order valence-corrected chi connectivity index (χ1v) is 8.52. The van der Waals surface area contributed by atoms with Crippen LogP contribution in [0.5, 0.6) is 5.75 Å².